The lowest BCUT2D eigenvalue weighted by Gasteiger charge is -2.20. The number of carbonyl (C=O) groups excluding carboxylic acids is 1. The fourth-order valence-electron chi connectivity index (χ4n) is 2.37. The number of alkyl halides is 2. The molecule has 132 valence electrons. The molecule has 0 aliphatic carbocycles. The second-order valence-corrected chi connectivity index (χ2v) is 5.16. The highest BCUT2D eigenvalue weighted by molar-refractivity contribution is 5.95. The van der Waals surface area contributed by atoms with E-state index in [2.05, 4.69) is 10.1 Å². The summed E-state index contributed by atoms with van der Waals surface area (Å²) >= 11 is 0. The van der Waals surface area contributed by atoms with Gasteiger partial charge in [0.05, 0.1) is 11.0 Å². The minimum Gasteiger partial charge on any atom is -0.434 e. The first-order valence-electron chi connectivity index (χ1n) is 7.51. The van der Waals surface area contributed by atoms with Gasteiger partial charge in [-0.1, -0.05) is 31.2 Å². The van der Waals surface area contributed by atoms with Crippen molar-refractivity contribution in [1.29, 1.82) is 0 Å². The standard InChI is InChI=1S/C17H16F2N2O4/c1-2-14(13-8-3-4-9-15(13)25-17(18)19)20-16(22)11-6-5-7-12(10-11)21(23)24/h3-10,14,17H,2H2,1H3,(H,20,22)/t14-/m0/s1. The lowest BCUT2D eigenvalue weighted by atomic mass is 10.0. The van der Waals surface area contributed by atoms with Crippen molar-refractivity contribution in [3.8, 4) is 5.75 Å². The summed E-state index contributed by atoms with van der Waals surface area (Å²) in [5.74, 6) is -0.564. The van der Waals surface area contributed by atoms with Crippen LogP contribution in [0.15, 0.2) is 48.5 Å². The molecule has 1 N–H and O–H groups in total. The number of nitrogens with one attached hydrogen (secondary N) is 1. The molecule has 0 saturated heterocycles. The first-order chi connectivity index (χ1) is 11.9. The number of hydrogen-bond acceptors (Lipinski definition) is 4. The van der Waals surface area contributed by atoms with Gasteiger partial charge in [0.15, 0.2) is 0 Å². The highest BCUT2D eigenvalue weighted by Gasteiger charge is 2.20. The number of halogens is 2. The van der Waals surface area contributed by atoms with Gasteiger partial charge in [-0.15, -0.1) is 0 Å². The van der Waals surface area contributed by atoms with Crippen LogP contribution in [-0.4, -0.2) is 17.4 Å². The Morgan fingerprint density at radius 3 is 2.60 bits per heavy atom. The average molecular weight is 350 g/mol. The minimum atomic E-state index is -2.98. The van der Waals surface area contributed by atoms with Crippen LogP contribution in [0.25, 0.3) is 0 Å². The molecule has 0 saturated carbocycles. The summed E-state index contributed by atoms with van der Waals surface area (Å²) in [6.07, 6.45) is 0.421. The van der Waals surface area contributed by atoms with E-state index >= 15 is 0 Å². The average Bonchev–Trinajstić information content (AvgIpc) is 2.59. The Bertz CT molecular complexity index is 768. The van der Waals surface area contributed by atoms with Gasteiger partial charge in [0.25, 0.3) is 11.6 Å². The van der Waals surface area contributed by atoms with Crippen molar-refractivity contribution in [1.82, 2.24) is 5.32 Å². The van der Waals surface area contributed by atoms with E-state index in [4.69, 9.17) is 0 Å². The molecule has 0 heterocycles. The lowest BCUT2D eigenvalue weighted by Crippen LogP contribution is -2.28. The molecule has 1 amide bonds. The normalized spacial score (nSPS) is 11.8. The van der Waals surface area contributed by atoms with E-state index in [0.29, 0.717) is 12.0 Å². The van der Waals surface area contributed by atoms with Crippen LogP contribution in [0.3, 0.4) is 0 Å². The minimum absolute atomic E-state index is 0.0244. The molecule has 1 atom stereocenters. The van der Waals surface area contributed by atoms with Crippen molar-refractivity contribution in [2.75, 3.05) is 0 Å². The number of ether oxygens (including phenoxy) is 1. The number of benzene rings is 2. The highest BCUT2D eigenvalue weighted by atomic mass is 19.3. The number of nitrogens with zero attached hydrogens (tertiary/aromatic N) is 1. The number of rotatable bonds is 7. The van der Waals surface area contributed by atoms with Crippen molar-refractivity contribution in [3.05, 3.63) is 69.8 Å². The summed E-state index contributed by atoms with van der Waals surface area (Å²) in [6, 6.07) is 10.9. The summed E-state index contributed by atoms with van der Waals surface area (Å²) in [6.45, 7) is -1.21. The highest BCUT2D eigenvalue weighted by Crippen LogP contribution is 2.28. The lowest BCUT2D eigenvalue weighted by molar-refractivity contribution is -0.384. The van der Waals surface area contributed by atoms with E-state index < -0.39 is 23.5 Å². The number of nitro benzene ring substituents is 1. The smallest absolute Gasteiger partial charge is 0.387 e. The fourth-order valence-corrected chi connectivity index (χ4v) is 2.37. The first-order valence-corrected chi connectivity index (χ1v) is 7.51. The third-order valence-corrected chi connectivity index (χ3v) is 3.54. The molecular weight excluding hydrogens is 334 g/mol. The molecule has 0 bridgehead atoms. The zero-order chi connectivity index (χ0) is 18.4. The van der Waals surface area contributed by atoms with Gasteiger partial charge in [-0.2, -0.15) is 8.78 Å². The van der Waals surface area contributed by atoms with Crippen LogP contribution in [-0.2, 0) is 0 Å². The van der Waals surface area contributed by atoms with Crippen LogP contribution in [0.2, 0.25) is 0 Å². The molecule has 0 aliphatic rings. The van der Waals surface area contributed by atoms with E-state index in [0.717, 1.165) is 6.07 Å². The number of non-ortho nitro benzene ring substituents is 1. The number of para-hydroxylation sites is 1. The van der Waals surface area contributed by atoms with Crippen molar-refractivity contribution < 1.29 is 23.2 Å². The third kappa shape index (κ3) is 4.72. The summed E-state index contributed by atoms with van der Waals surface area (Å²) < 4.78 is 29.6. The van der Waals surface area contributed by atoms with Crippen molar-refractivity contribution in [3.63, 3.8) is 0 Å². The largest absolute Gasteiger partial charge is 0.434 e. The number of carbonyl (C=O) groups is 1. The predicted molar refractivity (Wildman–Crippen MR) is 86.7 cm³/mol. The molecule has 2 aromatic rings. The van der Waals surface area contributed by atoms with Gasteiger partial charge in [-0.25, -0.2) is 0 Å². The maximum Gasteiger partial charge on any atom is 0.387 e. The molecule has 0 fully saturated rings. The summed E-state index contributed by atoms with van der Waals surface area (Å²) in [5, 5.41) is 13.5. The van der Waals surface area contributed by atoms with Crippen LogP contribution in [0.4, 0.5) is 14.5 Å². The Morgan fingerprint density at radius 2 is 1.96 bits per heavy atom. The monoisotopic (exact) mass is 350 g/mol. The van der Waals surface area contributed by atoms with Gasteiger partial charge in [0, 0.05) is 23.3 Å². The topological polar surface area (TPSA) is 81.5 Å². The van der Waals surface area contributed by atoms with Gasteiger partial charge in [0.2, 0.25) is 0 Å². The predicted octanol–water partition coefficient (Wildman–Crippen LogP) is 4.08. The van der Waals surface area contributed by atoms with Crippen LogP contribution >= 0.6 is 0 Å². The summed E-state index contributed by atoms with van der Waals surface area (Å²) in [7, 11) is 0. The van der Waals surface area contributed by atoms with Crippen molar-refractivity contribution >= 4 is 11.6 Å². The summed E-state index contributed by atoms with van der Waals surface area (Å²) in [5.41, 5.74) is 0.311. The van der Waals surface area contributed by atoms with Gasteiger partial charge in [-0.05, 0) is 18.6 Å². The number of amides is 1. The molecule has 0 radical (unpaired) electrons. The zero-order valence-electron chi connectivity index (χ0n) is 13.3. The van der Waals surface area contributed by atoms with Crippen LogP contribution in [0, 0.1) is 10.1 Å². The number of hydrogen-bond donors (Lipinski definition) is 1. The molecule has 0 aliphatic heterocycles. The molecule has 2 rings (SSSR count). The van der Waals surface area contributed by atoms with Gasteiger partial charge < -0.3 is 10.1 Å². The third-order valence-electron chi connectivity index (χ3n) is 3.54. The maximum absolute atomic E-state index is 12.5. The molecule has 2 aromatic carbocycles. The van der Waals surface area contributed by atoms with Crippen LogP contribution in [0.5, 0.6) is 5.75 Å². The van der Waals surface area contributed by atoms with E-state index in [9.17, 15) is 23.7 Å². The van der Waals surface area contributed by atoms with Gasteiger partial charge in [0.1, 0.15) is 5.75 Å². The molecule has 0 unspecified atom stereocenters. The van der Waals surface area contributed by atoms with E-state index in [-0.39, 0.29) is 17.0 Å². The quantitative estimate of drug-likeness (QED) is 0.603. The number of nitro groups is 1. The Kier molecular flexibility index (Phi) is 5.99. The van der Waals surface area contributed by atoms with Crippen molar-refractivity contribution in [2.45, 2.75) is 26.0 Å². The Morgan fingerprint density at radius 1 is 1.24 bits per heavy atom. The van der Waals surface area contributed by atoms with E-state index in [1.807, 2.05) is 0 Å². The van der Waals surface area contributed by atoms with Gasteiger partial charge >= 0.3 is 6.61 Å². The molecule has 0 spiro atoms. The van der Waals surface area contributed by atoms with Crippen LogP contribution in [0.1, 0.15) is 35.3 Å². The second-order valence-electron chi connectivity index (χ2n) is 5.16. The summed E-state index contributed by atoms with van der Waals surface area (Å²) in [4.78, 5) is 22.6. The SMILES string of the molecule is CC[C@H](NC(=O)c1cccc([N+](=O)[O-])c1)c1ccccc1OC(F)F. The Labute approximate surface area is 142 Å². The maximum atomic E-state index is 12.5. The van der Waals surface area contributed by atoms with Crippen LogP contribution < -0.4 is 10.1 Å². The molecular formula is C17H16F2N2O4. The Hall–Kier alpha value is -3.03. The van der Waals surface area contributed by atoms with Gasteiger partial charge in [-0.3, -0.25) is 14.9 Å². The van der Waals surface area contributed by atoms with E-state index in [1.165, 1.54) is 24.3 Å². The van der Waals surface area contributed by atoms with E-state index in [1.54, 1.807) is 25.1 Å². The van der Waals surface area contributed by atoms with Crippen molar-refractivity contribution in [2.24, 2.45) is 0 Å². The molecule has 25 heavy (non-hydrogen) atoms. The molecule has 6 nitrogen and oxygen atoms in total. The molecule has 0 aromatic heterocycles. The Balaban J connectivity index is 2.24. The molecule has 8 heteroatoms. The first kappa shape index (κ1) is 18.3. The zero-order valence-corrected chi connectivity index (χ0v) is 13.3. The fraction of sp³-hybridized carbons (Fsp3) is 0.235. The second kappa shape index (κ2) is 8.18.